The summed E-state index contributed by atoms with van der Waals surface area (Å²) in [5.74, 6) is 1.66. The zero-order valence-corrected chi connectivity index (χ0v) is 32.5. The van der Waals surface area contributed by atoms with Crippen LogP contribution in [0.5, 0.6) is 0 Å². The normalized spacial score (nSPS) is 11.1. The SMILES string of the molecule is CC(C)CB(O)O.Cc1nc2ccccc2nc1-c1cc(CC(C)C)cc(CC(C)C)c1.Cc1nc2ccccc2nc1-c1cc(Cl)cc(Cl)c1. The molecule has 0 fully saturated rings. The first-order chi connectivity index (χ1) is 24.2. The summed E-state index contributed by atoms with van der Waals surface area (Å²) in [6.45, 7) is 17.0. The number of halogens is 2. The molecule has 0 aliphatic rings. The molecule has 0 bridgehead atoms. The highest BCUT2D eigenvalue weighted by molar-refractivity contribution is 6.41. The molecule has 0 atom stereocenters. The minimum absolute atomic E-state index is 0.375. The fourth-order valence-electron chi connectivity index (χ4n) is 5.91. The lowest BCUT2D eigenvalue weighted by Crippen LogP contribution is -2.12. The van der Waals surface area contributed by atoms with E-state index in [-0.39, 0.29) is 0 Å². The van der Waals surface area contributed by atoms with E-state index in [2.05, 4.69) is 62.8 Å². The van der Waals surface area contributed by atoms with Crippen LogP contribution in [-0.4, -0.2) is 37.1 Å². The molecule has 0 aliphatic carbocycles. The van der Waals surface area contributed by atoms with Gasteiger partial charge in [-0.3, -0.25) is 0 Å². The van der Waals surface area contributed by atoms with E-state index in [1.54, 1.807) is 6.07 Å². The summed E-state index contributed by atoms with van der Waals surface area (Å²) in [5.41, 5.74) is 12.2. The van der Waals surface area contributed by atoms with E-state index in [9.17, 15) is 0 Å². The van der Waals surface area contributed by atoms with Crippen LogP contribution in [0.3, 0.4) is 0 Å². The molecule has 2 aromatic heterocycles. The van der Waals surface area contributed by atoms with Gasteiger partial charge in [0.15, 0.2) is 0 Å². The highest BCUT2D eigenvalue weighted by atomic mass is 35.5. The molecule has 0 unspecified atom stereocenters. The molecule has 0 spiro atoms. The Bertz CT molecular complexity index is 2010. The minimum Gasteiger partial charge on any atom is -0.427 e. The lowest BCUT2D eigenvalue weighted by Gasteiger charge is -2.14. The molecule has 51 heavy (non-hydrogen) atoms. The number of benzene rings is 4. The predicted octanol–water partition coefficient (Wildman–Crippen LogP) is 11.0. The number of fused-ring (bicyclic) bond motifs is 2. The fraction of sp³-hybridized carbons (Fsp3) is 0.333. The maximum Gasteiger partial charge on any atom is 0.451 e. The van der Waals surface area contributed by atoms with Gasteiger partial charge in [0, 0.05) is 21.2 Å². The molecule has 4 aromatic carbocycles. The molecule has 0 saturated carbocycles. The Morgan fingerprint density at radius 3 is 1.24 bits per heavy atom. The van der Waals surface area contributed by atoms with Crippen molar-refractivity contribution in [2.75, 3.05) is 0 Å². The Hall–Kier alpha value is -3.88. The second kappa shape index (κ2) is 18.6. The lowest BCUT2D eigenvalue weighted by atomic mass is 9.80. The Balaban J connectivity index is 0.000000198. The topological polar surface area (TPSA) is 92.0 Å². The quantitative estimate of drug-likeness (QED) is 0.152. The first kappa shape index (κ1) is 39.9. The molecule has 6 aromatic rings. The Labute approximate surface area is 313 Å². The van der Waals surface area contributed by atoms with Gasteiger partial charge in [-0.15, -0.1) is 0 Å². The molecule has 6 rings (SSSR count). The van der Waals surface area contributed by atoms with Crippen molar-refractivity contribution in [3.8, 4) is 22.5 Å². The Morgan fingerprint density at radius 1 is 0.529 bits per heavy atom. The average molecular weight is 724 g/mol. The first-order valence-electron chi connectivity index (χ1n) is 17.6. The number of para-hydroxylation sites is 4. The predicted molar refractivity (Wildman–Crippen MR) is 216 cm³/mol. The zero-order chi connectivity index (χ0) is 37.2. The average Bonchev–Trinajstić information content (AvgIpc) is 3.03. The van der Waals surface area contributed by atoms with Crippen LogP contribution in [0.2, 0.25) is 16.4 Å². The van der Waals surface area contributed by atoms with Crippen LogP contribution in [0.25, 0.3) is 44.6 Å². The van der Waals surface area contributed by atoms with Crippen LogP contribution < -0.4 is 0 Å². The van der Waals surface area contributed by atoms with Gasteiger partial charge in [0.1, 0.15) is 0 Å². The molecule has 0 amide bonds. The van der Waals surface area contributed by atoms with Gasteiger partial charge >= 0.3 is 7.12 Å². The third kappa shape index (κ3) is 12.1. The molecular weight excluding hydrogens is 674 g/mol. The number of hydrogen-bond acceptors (Lipinski definition) is 6. The molecular formula is C42H49BCl2N4O2. The highest BCUT2D eigenvalue weighted by Crippen LogP contribution is 2.29. The molecule has 6 nitrogen and oxygen atoms in total. The van der Waals surface area contributed by atoms with Crippen molar-refractivity contribution in [3.05, 3.63) is 117 Å². The van der Waals surface area contributed by atoms with E-state index < -0.39 is 7.12 Å². The van der Waals surface area contributed by atoms with Crippen LogP contribution in [0, 0.1) is 31.6 Å². The van der Waals surface area contributed by atoms with Crippen LogP contribution in [0.1, 0.15) is 64.1 Å². The van der Waals surface area contributed by atoms with Gasteiger partial charge in [-0.1, -0.05) is 95.1 Å². The summed E-state index contributed by atoms with van der Waals surface area (Å²) in [4.78, 5) is 18.9. The first-order valence-corrected chi connectivity index (χ1v) is 18.4. The minimum atomic E-state index is -1.13. The van der Waals surface area contributed by atoms with Crippen molar-refractivity contribution in [1.82, 2.24) is 19.9 Å². The van der Waals surface area contributed by atoms with Crippen LogP contribution >= 0.6 is 23.2 Å². The van der Waals surface area contributed by atoms with Crippen molar-refractivity contribution in [2.45, 2.75) is 74.6 Å². The third-order valence-corrected chi connectivity index (χ3v) is 8.36. The van der Waals surface area contributed by atoms with Gasteiger partial charge in [-0.25, -0.2) is 19.9 Å². The highest BCUT2D eigenvalue weighted by Gasteiger charge is 2.13. The summed E-state index contributed by atoms with van der Waals surface area (Å²) in [6, 6.07) is 28.3. The summed E-state index contributed by atoms with van der Waals surface area (Å²) in [5, 5.41) is 17.7. The Morgan fingerprint density at radius 2 is 0.902 bits per heavy atom. The van der Waals surface area contributed by atoms with E-state index in [0.29, 0.717) is 34.1 Å². The van der Waals surface area contributed by atoms with Crippen molar-refractivity contribution in [3.63, 3.8) is 0 Å². The molecule has 2 heterocycles. The van der Waals surface area contributed by atoms with Crippen molar-refractivity contribution in [1.29, 1.82) is 0 Å². The number of aryl methyl sites for hydroxylation is 2. The number of hydrogen-bond donors (Lipinski definition) is 2. The van der Waals surface area contributed by atoms with Crippen LogP contribution in [0.4, 0.5) is 0 Å². The number of rotatable bonds is 8. The van der Waals surface area contributed by atoms with Gasteiger partial charge in [-0.2, -0.15) is 0 Å². The van der Waals surface area contributed by atoms with E-state index >= 15 is 0 Å². The van der Waals surface area contributed by atoms with Gasteiger partial charge in [-0.05, 0) is 116 Å². The largest absolute Gasteiger partial charge is 0.451 e. The van der Waals surface area contributed by atoms with Gasteiger partial charge in [0.05, 0.1) is 44.8 Å². The van der Waals surface area contributed by atoms with Crippen LogP contribution in [-0.2, 0) is 12.8 Å². The molecule has 0 aliphatic heterocycles. The standard InChI is InChI=1S/C23H28N2.C15H10Cl2N2.C4H11BO2/c1-15(2)10-18-12-19(11-16(3)4)14-20(13-18)23-17(5)24-21-8-6-7-9-22(21)25-23;1-9-15(10-6-11(16)8-12(17)7-10)19-14-5-3-2-4-13(14)18-9;1-4(2)3-5(6)7/h6-9,12-16H,10-11H2,1-5H3;2-8H,1H3;4,6-7H,3H2,1-2H3. The second-order valence-corrected chi connectivity index (χ2v) is 15.2. The van der Waals surface area contributed by atoms with E-state index in [1.807, 2.05) is 81.4 Å². The van der Waals surface area contributed by atoms with Crippen molar-refractivity contribution in [2.24, 2.45) is 17.8 Å². The molecule has 2 N–H and O–H groups in total. The van der Waals surface area contributed by atoms with Gasteiger partial charge < -0.3 is 10.0 Å². The summed E-state index contributed by atoms with van der Waals surface area (Å²) in [6.07, 6.45) is 2.66. The maximum absolute atomic E-state index is 8.28. The lowest BCUT2D eigenvalue weighted by molar-refractivity contribution is 0.394. The zero-order valence-electron chi connectivity index (χ0n) is 31.0. The molecule has 0 saturated heterocycles. The van der Waals surface area contributed by atoms with Crippen molar-refractivity contribution >= 4 is 52.4 Å². The van der Waals surface area contributed by atoms with Crippen LogP contribution in [0.15, 0.2) is 84.9 Å². The number of aromatic nitrogens is 4. The smallest absolute Gasteiger partial charge is 0.427 e. The Kier molecular flexibility index (Phi) is 14.5. The second-order valence-electron chi connectivity index (χ2n) is 14.3. The third-order valence-electron chi connectivity index (χ3n) is 7.92. The molecule has 9 heteroatoms. The van der Waals surface area contributed by atoms with E-state index in [4.69, 9.17) is 43.2 Å². The monoisotopic (exact) mass is 722 g/mol. The van der Waals surface area contributed by atoms with Gasteiger partial charge in [0.25, 0.3) is 0 Å². The van der Waals surface area contributed by atoms with Crippen molar-refractivity contribution < 1.29 is 10.0 Å². The summed E-state index contributed by atoms with van der Waals surface area (Å²) in [7, 11) is -1.13. The van der Waals surface area contributed by atoms with Gasteiger partial charge in [0.2, 0.25) is 0 Å². The summed E-state index contributed by atoms with van der Waals surface area (Å²) >= 11 is 12.1. The fourth-order valence-corrected chi connectivity index (χ4v) is 6.44. The molecule has 0 radical (unpaired) electrons. The van der Waals surface area contributed by atoms with E-state index in [0.717, 1.165) is 63.2 Å². The summed E-state index contributed by atoms with van der Waals surface area (Å²) < 4.78 is 0. The number of nitrogens with zero attached hydrogens (tertiary/aromatic N) is 4. The molecule has 266 valence electrons. The maximum atomic E-state index is 8.28. The van der Waals surface area contributed by atoms with E-state index in [1.165, 1.54) is 16.7 Å².